The molecule has 1 heterocycles. The second kappa shape index (κ2) is 9.97. The Bertz CT molecular complexity index is 1350. The highest BCUT2D eigenvalue weighted by molar-refractivity contribution is 6.08. The molecule has 0 fully saturated rings. The van der Waals surface area contributed by atoms with Gasteiger partial charge in [0, 0.05) is 16.5 Å². The highest BCUT2D eigenvalue weighted by Crippen LogP contribution is 2.39. The van der Waals surface area contributed by atoms with E-state index in [0.717, 1.165) is 27.8 Å². The van der Waals surface area contributed by atoms with E-state index in [1.807, 2.05) is 24.3 Å². The number of ether oxygens (including phenoxy) is 4. The zero-order valence-corrected chi connectivity index (χ0v) is 20.7. The average Bonchev–Trinajstić information content (AvgIpc) is 3.28. The lowest BCUT2D eigenvalue weighted by molar-refractivity contribution is 0.102. The Morgan fingerprint density at radius 1 is 0.857 bits per heavy atom. The van der Waals surface area contributed by atoms with Gasteiger partial charge >= 0.3 is 0 Å². The second-order valence-electron chi connectivity index (χ2n) is 8.32. The van der Waals surface area contributed by atoms with Crippen LogP contribution < -0.4 is 24.3 Å². The van der Waals surface area contributed by atoms with Gasteiger partial charge in [0.1, 0.15) is 5.75 Å². The molecule has 0 atom stereocenters. The van der Waals surface area contributed by atoms with Crippen molar-refractivity contribution in [3.63, 3.8) is 0 Å². The van der Waals surface area contributed by atoms with E-state index in [-0.39, 0.29) is 5.91 Å². The highest BCUT2D eigenvalue weighted by atomic mass is 16.5. The number of carbonyl (C=O) groups is 1. The number of anilines is 1. The molecule has 0 bridgehead atoms. The van der Waals surface area contributed by atoms with Crippen LogP contribution in [0.1, 0.15) is 35.7 Å². The second-order valence-corrected chi connectivity index (χ2v) is 8.32. The number of aromatic amines is 1. The van der Waals surface area contributed by atoms with Crippen LogP contribution in [0.3, 0.4) is 0 Å². The number of hydrogen-bond donors (Lipinski definition) is 2. The average molecular weight is 476 g/mol. The maximum absolute atomic E-state index is 13.0. The largest absolute Gasteiger partial charge is 0.496 e. The predicted molar refractivity (Wildman–Crippen MR) is 136 cm³/mol. The Balaban J connectivity index is 1.66. The van der Waals surface area contributed by atoms with Crippen LogP contribution in [-0.4, -0.2) is 44.5 Å². The van der Waals surface area contributed by atoms with Gasteiger partial charge in [0.05, 0.1) is 34.0 Å². The molecule has 8 heteroatoms. The first-order valence-electron chi connectivity index (χ1n) is 11.2. The molecule has 1 aromatic heterocycles. The molecule has 4 rings (SSSR count). The number of hydrogen-bond acceptors (Lipinski definition) is 6. The molecule has 4 aromatic rings. The Labute approximate surface area is 204 Å². The first-order valence-corrected chi connectivity index (χ1v) is 11.2. The number of benzene rings is 3. The number of carbonyl (C=O) groups excluding carboxylic acids is 1. The summed E-state index contributed by atoms with van der Waals surface area (Å²) in [4.78, 5) is 13.0. The molecule has 0 aliphatic heterocycles. The van der Waals surface area contributed by atoms with Gasteiger partial charge in [0.2, 0.25) is 5.75 Å². The van der Waals surface area contributed by atoms with E-state index in [0.29, 0.717) is 34.5 Å². The fourth-order valence-corrected chi connectivity index (χ4v) is 3.98. The summed E-state index contributed by atoms with van der Waals surface area (Å²) in [5, 5.41) is 11.0. The van der Waals surface area contributed by atoms with Gasteiger partial charge in [-0.2, -0.15) is 5.10 Å². The maximum Gasteiger partial charge on any atom is 0.257 e. The molecule has 35 heavy (non-hydrogen) atoms. The van der Waals surface area contributed by atoms with Crippen molar-refractivity contribution in [1.29, 1.82) is 0 Å². The molecule has 0 aliphatic carbocycles. The van der Waals surface area contributed by atoms with Crippen molar-refractivity contribution in [3.8, 4) is 34.1 Å². The minimum absolute atomic E-state index is 0.350. The van der Waals surface area contributed by atoms with Gasteiger partial charge in [-0.1, -0.05) is 26.0 Å². The van der Waals surface area contributed by atoms with Gasteiger partial charge in [-0.15, -0.1) is 0 Å². The summed E-state index contributed by atoms with van der Waals surface area (Å²) in [6.45, 7) is 4.32. The number of nitrogens with zero attached hydrogens (tertiary/aromatic N) is 1. The first-order chi connectivity index (χ1) is 16.9. The number of H-pyrrole nitrogens is 1. The maximum atomic E-state index is 13.0. The van der Waals surface area contributed by atoms with Crippen molar-refractivity contribution in [1.82, 2.24) is 10.2 Å². The molecular formula is C27H29N3O5. The molecule has 0 saturated carbocycles. The zero-order valence-electron chi connectivity index (χ0n) is 20.7. The number of fused-ring (bicyclic) bond motifs is 1. The number of aromatic nitrogens is 2. The van der Waals surface area contributed by atoms with E-state index in [2.05, 4.69) is 41.5 Å². The molecule has 3 aromatic carbocycles. The van der Waals surface area contributed by atoms with Crippen molar-refractivity contribution in [2.24, 2.45) is 0 Å². The summed E-state index contributed by atoms with van der Waals surface area (Å²) in [5.74, 6) is 2.47. The predicted octanol–water partition coefficient (Wildman–Crippen LogP) is 5.64. The number of rotatable bonds is 8. The Morgan fingerprint density at radius 3 is 2.14 bits per heavy atom. The number of amides is 1. The minimum Gasteiger partial charge on any atom is -0.496 e. The van der Waals surface area contributed by atoms with Crippen molar-refractivity contribution in [3.05, 3.63) is 59.7 Å². The van der Waals surface area contributed by atoms with Crippen LogP contribution in [0.2, 0.25) is 0 Å². The fraction of sp³-hybridized carbons (Fsp3) is 0.259. The van der Waals surface area contributed by atoms with Crippen molar-refractivity contribution >= 4 is 22.6 Å². The lowest BCUT2D eigenvalue weighted by Crippen LogP contribution is -2.13. The molecule has 0 saturated heterocycles. The third-order valence-electron chi connectivity index (χ3n) is 5.92. The van der Waals surface area contributed by atoms with E-state index >= 15 is 0 Å². The van der Waals surface area contributed by atoms with Crippen LogP contribution in [-0.2, 0) is 0 Å². The summed E-state index contributed by atoms with van der Waals surface area (Å²) in [6, 6.07) is 15.3. The van der Waals surface area contributed by atoms with Crippen LogP contribution >= 0.6 is 0 Å². The molecule has 0 unspecified atom stereocenters. The molecule has 2 N–H and O–H groups in total. The normalized spacial score (nSPS) is 10.9. The van der Waals surface area contributed by atoms with Crippen LogP contribution in [0.15, 0.2) is 48.5 Å². The van der Waals surface area contributed by atoms with Gasteiger partial charge in [-0.25, -0.2) is 0 Å². The number of methoxy groups -OCH3 is 4. The summed E-state index contributed by atoms with van der Waals surface area (Å²) in [7, 11) is 6.19. The van der Waals surface area contributed by atoms with E-state index in [1.165, 1.54) is 26.9 Å². The zero-order chi connectivity index (χ0) is 25.1. The summed E-state index contributed by atoms with van der Waals surface area (Å²) < 4.78 is 21.6. The smallest absolute Gasteiger partial charge is 0.257 e. The van der Waals surface area contributed by atoms with Crippen molar-refractivity contribution < 1.29 is 23.7 Å². The van der Waals surface area contributed by atoms with Gasteiger partial charge in [0.25, 0.3) is 5.91 Å². The van der Waals surface area contributed by atoms with Crippen LogP contribution in [0.25, 0.3) is 22.0 Å². The molecule has 182 valence electrons. The van der Waals surface area contributed by atoms with Gasteiger partial charge in [-0.05, 0) is 53.4 Å². The third-order valence-corrected chi connectivity index (χ3v) is 5.92. The summed E-state index contributed by atoms with van der Waals surface area (Å²) in [5.41, 5.74) is 4.35. The topological polar surface area (TPSA) is 94.7 Å². The molecule has 0 spiro atoms. The van der Waals surface area contributed by atoms with Crippen LogP contribution in [0.5, 0.6) is 23.0 Å². The quantitative estimate of drug-likeness (QED) is 0.342. The van der Waals surface area contributed by atoms with Crippen molar-refractivity contribution in [2.75, 3.05) is 33.8 Å². The fourth-order valence-electron chi connectivity index (χ4n) is 3.98. The van der Waals surface area contributed by atoms with E-state index in [1.54, 1.807) is 19.2 Å². The summed E-state index contributed by atoms with van der Waals surface area (Å²) in [6.07, 6.45) is 0. The molecular weight excluding hydrogens is 446 g/mol. The Kier molecular flexibility index (Phi) is 6.82. The first kappa shape index (κ1) is 23.9. The molecule has 1 amide bonds. The van der Waals surface area contributed by atoms with E-state index < -0.39 is 0 Å². The third kappa shape index (κ3) is 4.59. The van der Waals surface area contributed by atoms with Gasteiger partial charge in [-0.3, -0.25) is 9.89 Å². The molecule has 0 aliphatic rings. The van der Waals surface area contributed by atoms with Crippen molar-refractivity contribution in [2.45, 2.75) is 19.8 Å². The SMILES string of the molecule is COc1ccc(C(C)C)cc1-c1ccc2c(NC(=O)c3cc(OC)c(OC)c(OC)c3)n[nH]c2c1. The lowest BCUT2D eigenvalue weighted by Gasteiger charge is -2.14. The minimum atomic E-state index is -0.354. The standard InChI is InChI=1S/C27H29N3O5/c1-15(2)16-8-10-22(32-3)20(11-16)17-7-9-19-21(12-17)29-30-26(19)28-27(31)18-13-23(33-4)25(35-6)24(14-18)34-5/h7-15H,1-6H3,(H2,28,29,30,31). The van der Waals surface area contributed by atoms with Crippen LogP contribution in [0.4, 0.5) is 5.82 Å². The van der Waals surface area contributed by atoms with Gasteiger partial charge < -0.3 is 24.3 Å². The lowest BCUT2D eigenvalue weighted by atomic mass is 9.96. The highest BCUT2D eigenvalue weighted by Gasteiger charge is 2.19. The Morgan fingerprint density at radius 2 is 1.54 bits per heavy atom. The van der Waals surface area contributed by atoms with E-state index in [4.69, 9.17) is 18.9 Å². The summed E-state index contributed by atoms with van der Waals surface area (Å²) >= 11 is 0. The van der Waals surface area contributed by atoms with Crippen LogP contribution in [0, 0.1) is 0 Å². The Hall–Kier alpha value is -4.20. The molecule has 0 radical (unpaired) electrons. The van der Waals surface area contributed by atoms with E-state index in [9.17, 15) is 4.79 Å². The monoisotopic (exact) mass is 475 g/mol. The van der Waals surface area contributed by atoms with Gasteiger partial charge in [0.15, 0.2) is 17.3 Å². The number of nitrogens with one attached hydrogen (secondary N) is 2. The molecule has 8 nitrogen and oxygen atoms in total.